The highest BCUT2D eigenvalue weighted by Crippen LogP contribution is 2.35. The number of rotatable bonds is 5. The van der Waals surface area contributed by atoms with Crippen LogP contribution in [0.4, 0.5) is 0 Å². The van der Waals surface area contributed by atoms with Crippen LogP contribution in [0.15, 0.2) is 0 Å². The fraction of sp³-hybridized carbons (Fsp3) is 0.947. The quantitative estimate of drug-likeness (QED) is 0.776. The first-order chi connectivity index (χ1) is 11.7. The Balaban J connectivity index is 0.00000225. The second kappa shape index (κ2) is 10.1. The molecule has 3 fully saturated rings. The maximum Gasteiger partial charge on any atom is 0.237 e. The van der Waals surface area contributed by atoms with Gasteiger partial charge in [0.1, 0.15) is 0 Å². The first-order valence-corrected chi connectivity index (χ1v) is 10.1. The molecule has 2 saturated heterocycles. The number of nitrogens with one attached hydrogen (secondary N) is 1. The third-order valence-corrected chi connectivity index (χ3v) is 6.48. The predicted molar refractivity (Wildman–Crippen MR) is 103 cm³/mol. The zero-order valence-corrected chi connectivity index (χ0v) is 16.3. The minimum Gasteiger partial charge on any atom is -0.381 e. The molecule has 1 unspecified atom stereocenters. The number of ether oxygens (including phenoxy) is 1. The number of halogens is 1. The molecule has 0 bridgehead atoms. The number of hydrogen-bond donors (Lipinski definition) is 2. The van der Waals surface area contributed by atoms with E-state index in [4.69, 9.17) is 10.5 Å². The van der Waals surface area contributed by atoms with Crippen molar-refractivity contribution in [3.8, 4) is 0 Å². The molecule has 0 aromatic heterocycles. The van der Waals surface area contributed by atoms with E-state index in [1.807, 2.05) is 0 Å². The van der Waals surface area contributed by atoms with E-state index >= 15 is 0 Å². The predicted octanol–water partition coefficient (Wildman–Crippen LogP) is 2.47. The Labute approximate surface area is 158 Å². The molecule has 3 N–H and O–H groups in total. The van der Waals surface area contributed by atoms with Crippen LogP contribution in [0.2, 0.25) is 0 Å². The number of amides is 1. The summed E-state index contributed by atoms with van der Waals surface area (Å²) in [6, 6.07) is -0.379. The Kier molecular flexibility index (Phi) is 8.46. The van der Waals surface area contributed by atoms with E-state index in [-0.39, 0.29) is 35.8 Å². The van der Waals surface area contributed by atoms with Gasteiger partial charge in [0.2, 0.25) is 5.91 Å². The summed E-state index contributed by atoms with van der Waals surface area (Å²) in [7, 11) is 0. The van der Waals surface area contributed by atoms with Gasteiger partial charge < -0.3 is 15.8 Å². The SMILES string of the molecule is Cl.NC(C(=O)NCC1(N2CCCCC2)CCCCC1)C1CCOCC1. The van der Waals surface area contributed by atoms with Crippen LogP contribution in [0.25, 0.3) is 0 Å². The van der Waals surface area contributed by atoms with Gasteiger partial charge >= 0.3 is 0 Å². The van der Waals surface area contributed by atoms with Crippen LogP contribution in [-0.2, 0) is 9.53 Å². The molecule has 25 heavy (non-hydrogen) atoms. The average Bonchev–Trinajstić information content (AvgIpc) is 2.67. The minimum atomic E-state index is -0.379. The van der Waals surface area contributed by atoms with Gasteiger partial charge in [0.15, 0.2) is 0 Å². The minimum absolute atomic E-state index is 0. The maximum absolute atomic E-state index is 12.6. The van der Waals surface area contributed by atoms with Gasteiger partial charge in [0.05, 0.1) is 6.04 Å². The molecule has 0 aromatic rings. The number of hydrogen-bond acceptors (Lipinski definition) is 4. The number of carbonyl (C=O) groups is 1. The molecule has 1 aliphatic carbocycles. The molecule has 1 saturated carbocycles. The van der Waals surface area contributed by atoms with Gasteiger partial charge in [-0.25, -0.2) is 0 Å². The van der Waals surface area contributed by atoms with Crippen molar-refractivity contribution in [3.05, 3.63) is 0 Å². The molecule has 2 aliphatic heterocycles. The van der Waals surface area contributed by atoms with Gasteiger partial charge in [-0.05, 0) is 57.5 Å². The van der Waals surface area contributed by atoms with Crippen molar-refractivity contribution < 1.29 is 9.53 Å². The fourth-order valence-corrected chi connectivity index (χ4v) is 4.84. The summed E-state index contributed by atoms with van der Waals surface area (Å²) >= 11 is 0. The Bertz CT molecular complexity index is 403. The number of nitrogens with zero attached hydrogens (tertiary/aromatic N) is 1. The molecule has 146 valence electrons. The van der Waals surface area contributed by atoms with Crippen LogP contribution in [0.3, 0.4) is 0 Å². The fourth-order valence-electron chi connectivity index (χ4n) is 4.84. The lowest BCUT2D eigenvalue weighted by Crippen LogP contribution is -2.59. The van der Waals surface area contributed by atoms with Gasteiger partial charge in [-0.2, -0.15) is 0 Å². The smallest absolute Gasteiger partial charge is 0.237 e. The largest absolute Gasteiger partial charge is 0.381 e. The summed E-state index contributed by atoms with van der Waals surface area (Å²) in [6.07, 6.45) is 12.1. The van der Waals surface area contributed by atoms with Crippen LogP contribution < -0.4 is 11.1 Å². The maximum atomic E-state index is 12.6. The second-order valence-corrected chi connectivity index (χ2v) is 8.03. The molecule has 2 heterocycles. The zero-order chi connectivity index (χ0) is 16.8. The topological polar surface area (TPSA) is 67.6 Å². The summed E-state index contributed by atoms with van der Waals surface area (Å²) in [4.78, 5) is 15.3. The highest BCUT2D eigenvalue weighted by Gasteiger charge is 2.39. The van der Waals surface area contributed by atoms with Gasteiger partial charge in [-0.15, -0.1) is 12.4 Å². The van der Waals surface area contributed by atoms with E-state index < -0.39 is 0 Å². The lowest BCUT2D eigenvalue weighted by atomic mass is 9.79. The summed E-state index contributed by atoms with van der Waals surface area (Å²) < 4.78 is 5.39. The Morgan fingerprint density at radius 2 is 1.68 bits per heavy atom. The van der Waals surface area contributed by atoms with Crippen molar-refractivity contribution in [2.24, 2.45) is 11.7 Å². The Hall–Kier alpha value is -0.360. The average molecular weight is 374 g/mol. The van der Waals surface area contributed by atoms with Gasteiger partial charge in [0, 0.05) is 25.3 Å². The van der Waals surface area contributed by atoms with Crippen LogP contribution in [0.5, 0.6) is 0 Å². The summed E-state index contributed by atoms with van der Waals surface area (Å²) in [5, 5.41) is 3.24. The van der Waals surface area contributed by atoms with Crippen LogP contribution in [0, 0.1) is 5.92 Å². The molecule has 0 spiro atoms. The molecule has 1 amide bonds. The van der Waals surface area contributed by atoms with Crippen molar-refractivity contribution in [3.63, 3.8) is 0 Å². The highest BCUT2D eigenvalue weighted by atomic mass is 35.5. The normalized spacial score (nSPS) is 26.4. The van der Waals surface area contributed by atoms with E-state index in [0.29, 0.717) is 0 Å². The van der Waals surface area contributed by atoms with Crippen LogP contribution in [-0.4, -0.2) is 55.2 Å². The molecular weight excluding hydrogens is 338 g/mol. The van der Waals surface area contributed by atoms with Crippen LogP contribution >= 0.6 is 12.4 Å². The molecule has 6 heteroatoms. The van der Waals surface area contributed by atoms with Crippen molar-refractivity contribution >= 4 is 18.3 Å². The van der Waals surface area contributed by atoms with E-state index in [1.54, 1.807) is 0 Å². The van der Waals surface area contributed by atoms with Gasteiger partial charge in [-0.3, -0.25) is 9.69 Å². The molecule has 1 atom stereocenters. The molecule has 3 aliphatic rings. The van der Waals surface area contributed by atoms with Crippen LogP contribution in [0.1, 0.15) is 64.2 Å². The van der Waals surface area contributed by atoms with Crippen molar-refractivity contribution in [2.45, 2.75) is 75.8 Å². The molecule has 0 radical (unpaired) electrons. The Morgan fingerprint density at radius 3 is 2.32 bits per heavy atom. The van der Waals surface area contributed by atoms with Gasteiger partial charge in [-0.1, -0.05) is 25.7 Å². The first-order valence-electron chi connectivity index (χ1n) is 10.1. The second-order valence-electron chi connectivity index (χ2n) is 8.03. The lowest BCUT2D eigenvalue weighted by molar-refractivity contribution is -0.125. The molecule has 5 nitrogen and oxygen atoms in total. The van der Waals surface area contributed by atoms with E-state index in [2.05, 4.69) is 10.2 Å². The zero-order valence-electron chi connectivity index (χ0n) is 15.5. The summed E-state index contributed by atoms with van der Waals surface area (Å²) in [5.41, 5.74) is 6.43. The molecule has 0 aromatic carbocycles. The third-order valence-electron chi connectivity index (χ3n) is 6.48. The number of nitrogens with two attached hydrogens (primary N) is 1. The van der Waals surface area contributed by atoms with Crippen molar-refractivity contribution in [1.82, 2.24) is 10.2 Å². The number of carbonyl (C=O) groups excluding carboxylic acids is 1. The number of likely N-dealkylation sites (tertiary alicyclic amines) is 1. The van der Waals surface area contributed by atoms with E-state index in [9.17, 15) is 4.79 Å². The summed E-state index contributed by atoms with van der Waals surface area (Å²) in [6.45, 7) is 4.65. The molecule has 3 rings (SSSR count). The third kappa shape index (κ3) is 5.31. The lowest BCUT2D eigenvalue weighted by Gasteiger charge is -2.48. The van der Waals surface area contributed by atoms with Crippen molar-refractivity contribution in [1.29, 1.82) is 0 Å². The van der Waals surface area contributed by atoms with Gasteiger partial charge in [0.25, 0.3) is 0 Å². The van der Waals surface area contributed by atoms with E-state index in [0.717, 1.165) is 32.6 Å². The van der Waals surface area contributed by atoms with Crippen molar-refractivity contribution in [2.75, 3.05) is 32.8 Å². The monoisotopic (exact) mass is 373 g/mol. The van der Waals surface area contributed by atoms with E-state index in [1.165, 1.54) is 64.5 Å². The Morgan fingerprint density at radius 1 is 1.08 bits per heavy atom. The number of piperidine rings is 1. The first kappa shape index (κ1) is 20.9. The summed E-state index contributed by atoms with van der Waals surface area (Å²) in [5.74, 6) is 0.319. The highest BCUT2D eigenvalue weighted by molar-refractivity contribution is 5.85. The standard InChI is InChI=1S/C19H35N3O2.ClH/c20-17(16-7-13-24-14-8-16)18(23)21-15-19(9-3-1-4-10-19)22-11-5-2-6-12-22;/h16-17H,1-15,20H2,(H,21,23);1H. The molecular formula is C19H36ClN3O2.